The summed E-state index contributed by atoms with van der Waals surface area (Å²) < 4.78 is 57.9. The van der Waals surface area contributed by atoms with Crippen LogP contribution in [-0.2, 0) is 11.3 Å². The van der Waals surface area contributed by atoms with Crippen molar-refractivity contribution < 1.29 is 26.8 Å². The third kappa shape index (κ3) is 4.32. The van der Waals surface area contributed by atoms with Crippen LogP contribution in [0.3, 0.4) is 0 Å². The Morgan fingerprint density at radius 2 is 1.89 bits per heavy atom. The van der Waals surface area contributed by atoms with E-state index in [9.17, 15) is 22.4 Å². The first kappa shape index (κ1) is 19.4. The standard InChI is InChI=1S/C17H20F4N4O2/c1-11(25-14(16(20)21)9-13(22-25)15(18)19)17(26)24-6-4-23(5-7-24)10-12-3-2-8-27-12/h2-3,8-9,11,15-16H,4-7,10H2,1H3. The second-order valence-corrected chi connectivity index (χ2v) is 6.40. The lowest BCUT2D eigenvalue weighted by atomic mass is 10.2. The van der Waals surface area contributed by atoms with Crippen molar-refractivity contribution in [3.05, 3.63) is 41.6 Å². The first-order valence-electron chi connectivity index (χ1n) is 8.56. The zero-order chi connectivity index (χ0) is 19.6. The highest BCUT2D eigenvalue weighted by molar-refractivity contribution is 5.80. The number of carbonyl (C=O) groups excluding carboxylic acids is 1. The summed E-state index contributed by atoms with van der Waals surface area (Å²) in [7, 11) is 0. The Morgan fingerprint density at radius 3 is 2.44 bits per heavy atom. The lowest BCUT2D eigenvalue weighted by molar-refractivity contribution is -0.136. The van der Waals surface area contributed by atoms with Gasteiger partial charge in [-0.2, -0.15) is 5.10 Å². The molecule has 1 aliphatic rings. The van der Waals surface area contributed by atoms with Gasteiger partial charge in [0, 0.05) is 26.2 Å². The van der Waals surface area contributed by atoms with Crippen LogP contribution in [0, 0.1) is 0 Å². The number of alkyl halides is 4. The maximum absolute atomic E-state index is 13.2. The molecule has 0 spiro atoms. The Labute approximate surface area is 153 Å². The van der Waals surface area contributed by atoms with E-state index in [1.54, 1.807) is 17.2 Å². The number of amides is 1. The summed E-state index contributed by atoms with van der Waals surface area (Å²) >= 11 is 0. The molecule has 1 saturated heterocycles. The Morgan fingerprint density at radius 1 is 1.19 bits per heavy atom. The van der Waals surface area contributed by atoms with Crippen molar-refractivity contribution in [1.29, 1.82) is 0 Å². The fourth-order valence-corrected chi connectivity index (χ4v) is 3.13. The Kier molecular flexibility index (Phi) is 5.83. The molecule has 3 rings (SSSR count). The van der Waals surface area contributed by atoms with Crippen molar-refractivity contribution in [2.45, 2.75) is 32.4 Å². The van der Waals surface area contributed by atoms with Crippen LogP contribution >= 0.6 is 0 Å². The highest BCUT2D eigenvalue weighted by Crippen LogP contribution is 2.28. The number of furan rings is 1. The van der Waals surface area contributed by atoms with E-state index in [4.69, 9.17) is 4.42 Å². The van der Waals surface area contributed by atoms with Gasteiger partial charge in [0.25, 0.3) is 12.9 Å². The maximum Gasteiger partial charge on any atom is 0.282 e. The molecule has 6 nitrogen and oxygen atoms in total. The SMILES string of the molecule is CC(C(=O)N1CCN(Cc2ccco2)CC1)n1nc(C(F)F)cc1C(F)F. The zero-order valence-electron chi connectivity index (χ0n) is 14.7. The predicted octanol–water partition coefficient (Wildman–Crippen LogP) is 3.26. The molecule has 1 unspecified atom stereocenters. The molecule has 2 aromatic heterocycles. The smallest absolute Gasteiger partial charge is 0.282 e. The first-order chi connectivity index (χ1) is 12.9. The van der Waals surface area contributed by atoms with Crippen molar-refractivity contribution in [1.82, 2.24) is 19.6 Å². The molecule has 0 aliphatic carbocycles. The quantitative estimate of drug-likeness (QED) is 0.713. The van der Waals surface area contributed by atoms with E-state index in [0.717, 1.165) is 5.76 Å². The minimum absolute atomic E-state index is 0.414. The van der Waals surface area contributed by atoms with Crippen molar-refractivity contribution in [2.75, 3.05) is 26.2 Å². The molecule has 0 aromatic carbocycles. The highest BCUT2D eigenvalue weighted by atomic mass is 19.3. The van der Waals surface area contributed by atoms with Crippen molar-refractivity contribution >= 4 is 5.91 Å². The molecule has 0 bridgehead atoms. The van der Waals surface area contributed by atoms with Gasteiger partial charge in [-0.1, -0.05) is 0 Å². The summed E-state index contributed by atoms with van der Waals surface area (Å²) in [5, 5.41) is 3.53. The van der Waals surface area contributed by atoms with Gasteiger partial charge in [0.15, 0.2) is 0 Å². The topological polar surface area (TPSA) is 54.5 Å². The van der Waals surface area contributed by atoms with Gasteiger partial charge < -0.3 is 9.32 Å². The van der Waals surface area contributed by atoms with E-state index in [1.165, 1.54) is 6.92 Å². The molecule has 1 amide bonds. The average molecular weight is 388 g/mol. The van der Waals surface area contributed by atoms with Gasteiger partial charge >= 0.3 is 0 Å². The van der Waals surface area contributed by atoms with Crippen LogP contribution in [0.25, 0.3) is 0 Å². The number of halogens is 4. The Hall–Kier alpha value is -2.36. The van der Waals surface area contributed by atoms with Crippen LogP contribution in [0.4, 0.5) is 17.6 Å². The van der Waals surface area contributed by atoms with Crippen LogP contribution < -0.4 is 0 Å². The number of carbonyl (C=O) groups is 1. The zero-order valence-corrected chi connectivity index (χ0v) is 14.7. The van der Waals surface area contributed by atoms with Crippen LogP contribution in [0.1, 0.15) is 43.0 Å². The minimum Gasteiger partial charge on any atom is -0.468 e. The van der Waals surface area contributed by atoms with Gasteiger partial charge in [-0.05, 0) is 25.1 Å². The first-order valence-corrected chi connectivity index (χ1v) is 8.56. The molecule has 3 heterocycles. The monoisotopic (exact) mass is 388 g/mol. The number of rotatable bonds is 6. The number of nitrogens with zero attached hydrogens (tertiary/aromatic N) is 4. The van der Waals surface area contributed by atoms with Crippen molar-refractivity contribution in [2.24, 2.45) is 0 Å². The summed E-state index contributed by atoms with van der Waals surface area (Å²) in [6, 6.07) is 3.23. The number of hydrogen-bond donors (Lipinski definition) is 0. The Bertz CT molecular complexity index is 755. The summed E-state index contributed by atoms with van der Waals surface area (Å²) in [5.74, 6) is 0.402. The Balaban J connectivity index is 1.64. The molecular weight excluding hydrogens is 368 g/mol. The summed E-state index contributed by atoms with van der Waals surface area (Å²) in [4.78, 5) is 16.3. The lowest BCUT2D eigenvalue weighted by Gasteiger charge is -2.35. The molecule has 0 saturated carbocycles. The van der Waals surface area contributed by atoms with Gasteiger partial charge in [-0.15, -0.1) is 0 Å². The molecule has 1 atom stereocenters. The van der Waals surface area contributed by atoms with Crippen LogP contribution in [-0.4, -0.2) is 51.7 Å². The second kappa shape index (κ2) is 8.12. The molecular formula is C17H20F4N4O2. The molecule has 1 aliphatic heterocycles. The van der Waals surface area contributed by atoms with Gasteiger partial charge in [0.1, 0.15) is 23.2 Å². The molecule has 148 valence electrons. The van der Waals surface area contributed by atoms with Crippen LogP contribution in [0.15, 0.2) is 28.9 Å². The van der Waals surface area contributed by atoms with E-state index in [0.29, 0.717) is 43.5 Å². The van der Waals surface area contributed by atoms with Crippen LogP contribution in [0.5, 0.6) is 0 Å². The predicted molar refractivity (Wildman–Crippen MR) is 87.4 cm³/mol. The average Bonchev–Trinajstić information content (AvgIpc) is 3.31. The van der Waals surface area contributed by atoms with Crippen molar-refractivity contribution in [3.63, 3.8) is 0 Å². The molecule has 0 radical (unpaired) electrons. The van der Waals surface area contributed by atoms with Crippen molar-refractivity contribution in [3.8, 4) is 0 Å². The van der Waals surface area contributed by atoms with Gasteiger partial charge in [-0.25, -0.2) is 17.6 Å². The lowest BCUT2D eigenvalue weighted by Crippen LogP contribution is -2.50. The molecule has 27 heavy (non-hydrogen) atoms. The maximum atomic E-state index is 13.2. The van der Waals surface area contributed by atoms with E-state index in [1.807, 2.05) is 6.07 Å². The number of piperazine rings is 1. The number of hydrogen-bond acceptors (Lipinski definition) is 4. The van der Waals surface area contributed by atoms with Gasteiger partial charge in [0.05, 0.1) is 12.8 Å². The van der Waals surface area contributed by atoms with Crippen LogP contribution in [0.2, 0.25) is 0 Å². The molecule has 10 heteroatoms. The summed E-state index contributed by atoms with van der Waals surface area (Å²) in [5.41, 5.74) is -1.43. The van der Waals surface area contributed by atoms with E-state index < -0.39 is 36.2 Å². The minimum atomic E-state index is -3.00. The van der Waals surface area contributed by atoms with Gasteiger partial charge in [-0.3, -0.25) is 14.4 Å². The molecule has 1 fully saturated rings. The highest BCUT2D eigenvalue weighted by Gasteiger charge is 2.31. The van der Waals surface area contributed by atoms with E-state index in [2.05, 4.69) is 10.00 Å². The van der Waals surface area contributed by atoms with E-state index in [-0.39, 0.29) is 0 Å². The largest absolute Gasteiger partial charge is 0.468 e. The second-order valence-electron chi connectivity index (χ2n) is 6.40. The van der Waals surface area contributed by atoms with Gasteiger partial charge in [0.2, 0.25) is 5.91 Å². The summed E-state index contributed by atoms with van der Waals surface area (Å²) in [6.45, 7) is 4.04. The molecule has 0 N–H and O–H groups in total. The summed E-state index contributed by atoms with van der Waals surface area (Å²) in [6.07, 6.45) is -4.38. The third-order valence-corrected chi connectivity index (χ3v) is 4.60. The normalized spacial score (nSPS) is 17.1. The van der Waals surface area contributed by atoms with E-state index >= 15 is 0 Å². The fourth-order valence-electron chi connectivity index (χ4n) is 3.13. The third-order valence-electron chi connectivity index (χ3n) is 4.60. The number of aromatic nitrogens is 2. The molecule has 2 aromatic rings. The fraction of sp³-hybridized carbons (Fsp3) is 0.529.